The summed E-state index contributed by atoms with van der Waals surface area (Å²) in [5, 5.41) is 3.54. The predicted octanol–water partition coefficient (Wildman–Crippen LogP) is 3.52. The van der Waals surface area contributed by atoms with E-state index < -0.39 is 0 Å². The monoisotopic (exact) mass is 375 g/mol. The third kappa shape index (κ3) is 7.15. The second-order valence-corrected chi connectivity index (χ2v) is 7.21. The smallest absolute Gasteiger partial charge is 0.193 e. The van der Waals surface area contributed by atoms with E-state index in [1.165, 1.54) is 18.4 Å². The van der Waals surface area contributed by atoms with Crippen LogP contribution in [0.1, 0.15) is 44.1 Å². The molecule has 1 fully saturated rings. The molecule has 0 spiro atoms. The molecule has 1 heterocycles. The van der Waals surface area contributed by atoms with Crippen molar-refractivity contribution in [1.82, 2.24) is 10.2 Å². The number of methoxy groups -OCH3 is 1. The lowest BCUT2D eigenvalue weighted by molar-refractivity contribution is 0.0689. The number of piperidine rings is 1. The van der Waals surface area contributed by atoms with Gasteiger partial charge in [-0.25, -0.2) is 0 Å². The van der Waals surface area contributed by atoms with Crippen molar-refractivity contribution in [2.75, 3.05) is 53.6 Å². The maximum atomic E-state index is 5.51. The van der Waals surface area contributed by atoms with E-state index in [0.717, 1.165) is 45.0 Å². The van der Waals surface area contributed by atoms with E-state index in [-0.39, 0.29) is 0 Å². The summed E-state index contributed by atoms with van der Waals surface area (Å²) in [4.78, 5) is 6.95. The van der Waals surface area contributed by atoms with Crippen LogP contribution in [0.15, 0.2) is 35.3 Å². The van der Waals surface area contributed by atoms with E-state index in [4.69, 9.17) is 9.47 Å². The number of guanidine groups is 1. The lowest BCUT2D eigenvalue weighted by Crippen LogP contribution is -2.48. The van der Waals surface area contributed by atoms with Crippen LogP contribution in [0.25, 0.3) is 0 Å². The second kappa shape index (κ2) is 12.7. The third-order valence-corrected chi connectivity index (χ3v) is 5.43. The van der Waals surface area contributed by atoms with E-state index in [0.29, 0.717) is 25.0 Å². The van der Waals surface area contributed by atoms with Gasteiger partial charge in [-0.15, -0.1) is 0 Å². The molecule has 1 aromatic rings. The maximum Gasteiger partial charge on any atom is 0.193 e. The number of unbranched alkanes of at least 4 members (excludes halogenated alkanes) is 1. The van der Waals surface area contributed by atoms with E-state index in [2.05, 4.69) is 52.5 Å². The Morgan fingerprint density at radius 3 is 2.70 bits per heavy atom. The van der Waals surface area contributed by atoms with Gasteiger partial charge in [-0.1, -0.05) is 43.7 Å². The summed E-state index contributed by atoms with van der Waals surface area (Å²) in [5.74, 6) is 2.38. The lowest BCUT2D eigenvalue weighted by atomic mass is 9.79. The molecule has 2 rings (SSSR count). The van der Waals surface area contributed by atoms with E-state index in [1.807, 2.05) is 7.05 Å². The average Bonchev–Trinajstić information content (AvgIpc) is 2.73. The molecule has 0 saturated carbocycles. The van der Waals surface area contributed by atoms with Crippen LogP contribution in [0.4, 0.5) is 0 Å². The minimum absolute atomic E-state index is 0.662. The van der Waals surface area contributed by atoms with E-state index >= 15 is 0 Å². The Morgan fingerprint density at radius 2 is 2.00 bits per heavy atom. The zero-order valence-electron chi connectivity index (χ0n) is 17.3. The summed E-state index contributed by atoms with van der Waals surface area (Å²) in [5.41, 5.74) is 1.49. The number of hydrogen-bond donors (Lipinski definition) is 1. The van der Waals surface area contributed by atoms with Crippen LogP contribution in [0.3, 0.4) is 0 Å². The molecule has 2 unspecified atom stereocenters. The molecule has 1 aliphatic heterocycles. The van der Waals surface area contributed by atoms with Crippen molar-refractivity contribution >= 4 is 5.96 Å². The van der Waals surface area contributed by atoms with Gasteiger partial charge in [-0.05, 0) is 36.7 Å². The topological polar surface area (TPSA) is 46.1 Å². The molecule has 1 N–H and O–H groups in total. The fraction of sp³-hybridized carbons (Fsp3) is 0.682. The van der Waals surface area contributed by atoms with Crippen LogP contribution in [-0.4, -0.2) is 64.5 Å². The van der Waals surface area contributed by atoms with Crippen LogP contribution < -0.4 is 5.32 Å². The van der Waals surface area contributed by atoms with Gasteiger partial charge in [0.15, 0.2) is 5.96 Å². The van der Waals surface area contributed by atoms with Crippen molar-refractivity contribution in [1.29, 1.82) is 0 Å². The summed E-state index contributed by atoms with van der Waals surface area (Å²) in [6.45, 7) is 7.54. The van der Waals surface area contributed by atoms with Crippen LogP contribution in [0, 0.1) is 5.92 Å². The second-order valence-electron chi connectivity index (χ2n) is 7.21. The highest BCUT2D eigenvalue weighted by atomic mass is 16.5. The molecule has 1 aromatic carbocycles. The van der Waals surface area contributed by atoms with E-state index in [1.54, 1.807) is 7.11 Å². The first-order valence-electron chi connectivity index (χ1n) is 10.4. The van der Waals surface area contributed by atoms with Gasteiger partial charge in [-0.2, -0.15) is 0 Å². The SMILES string of the molecule is CCC1CN(C(=NC)NCCCCOCCOC)CCC1c1ccccc1. The Labute approximate surface area is 165 Å². The average molecular weight is 376 g/mol. The maximum absolute atomic E-state index is 5.51. The number of rotatable bonds is 10. The van der Waals surface area contributed by atoms with Gasteiger partial charge in [0.25, 0.3) is 0 Å². The summed E-state index contributed by atoms with van der Waals surface area (Å²) in [6, 6.07) is 11.0. The summed E-state index contributed by atoms with van der Waals surface area (Å²) >= 11 is 0. The van der Waals surface area contributed by atoms with Gasteiger partial charge < -0.3 is 19.7 Å². The van der Waals surface area contributed by atoms with Crippen molar-refractivity contribution in [3.8, 4) is 0 Å². The Bertz CT molecular complexity index is 536. The van der Waals surface area contributed by atoms with Crippen LogP contribution in [0.2, 0.25) is 0 Å². The molecule has 27 heavy (non-hydrogen) atoms. The molecule has 0 aromatic heterocycles. The first-order valence-corrected chi connectivity index (χ1v) is 10.4. The molecule has 5 heteroatoms. The van der Waals surface area contributed by atoms with Gasteiger partial charge in [0.1, 0.15) is 0 Å². The summed E-state index contributed by atoms with van der Waals surface area (Å²) in [6.07, 6.45) is 4.54. The van der Waals surface area contributed by atoms with Gasteiger partial charge in [0, 0.05) is 40.4 Å². The summed E-state index contributed by atoms with van der Waals surface area (Å²) < 4.78 is 10.5. The normalized spacial score (nSPS) is 20.7. The molecule has 0 radical (unpaired) electrons. The lowest BCUT2D eigenvalue weighted by Gasteiger charge is -2.40. The number of likely N-dealkylation sites (tertiary alicyclic amines) is 1. The molecule has 2 atom stereocenters. The van der Waals surface area contributed by atoms with Crippen LogP contribution >= 0.6 is 0 Å². The number of nitrogens with one attached hydrogen (secondary N) is 1. The molecular formula is C22H37N3O2. The number of aliphatic imine (C=N–C) groups is 1. The largest absolute Gasteiger partial charge is 0.382 e. The van der Waals surface area contributed by atoms with Crippen molar-refractivity contribution in [3.05, 3.63) is 35.9 Å². The van der Waals surface area contributed by atoms with Crippen molar-refractivity contribution in [2.24, 2.45) is 10.9 Å². The highest BCUT2D eigenvalue weighted by Crippen LogP contribution is 2.34. The summed E-state index contributed by atoms with van der Waals surface area (Å²) in [7, 11) is 3.59. The van der Waals surface area contributed by atoms with Crippen molar-refractivity contribution in [2.45, 2.75) is 38.5 Å². The van der Waals surface area contributed by atoms with Crippen LogP contribution in [-0.2, 0) is 9.47 Å². The first-order chi connectivity index (χ1) is 13.3. The molecule has 1 saturated heterocycles. The molecule has 0 bridgehead atoms. The quantitative estimate of drug-likeness (QED) is 0.386. The minimum atomic E-state index is 0.662. The number of nitrogens with zero attached hydrogens (tertiary/aromatic N) is 2. The highest BCUT2D eigenvalue weighted by molar-refractivity contribution is 5.80. The van der Waals surface area contributed by atoms with Gasteiger partial charge in [-0.3, -0.25) is 4.99 Å². The van der Waals surface area contributed by atoms with Gasteiger partial charge >= 0.3 is 0 Å². The number of hydrogen-bond acceptors (Lipinski definition) is 3. The zero-order chi connectivity index (χ0) is 19.3. The van der Waals surface area contributed by atoms with Crippen molar-refractivity contribution < 1.29 is 9.47 Å². The Morgan fingerprint density at radius 1 is 1.19 bits per heavy atom. The molecule has 152 valence electrons. The number of benzene rings is 1. The zero-order valence-corrected chi connectivity index (χ0v) is 17.3. The molecule has 0 aliphatic carbocycles. The highest BCUT2D eigenvalue weighted by Gasteiger charge is 2.30. The van der Waals surface area contributed by atoms with Crippen molar-refractivity contribution in [3.63, 3.8) is 0 Å². The van der Waals surface area contributed by atoms with Gasteiger partial charge in [0.2, 0.25) is 0 Å². The number of ether oxygens (including phenoxy) is 2. The Hall–Kier alpha value is -1.59. The predicted molar refractivity (Wildman–Crippen MR) is 112 cm³/mol. The Kier molecular flexibility index (Phi) is 10.2. The standard InChI is InChI=1S/C22H37N3O2/c1-4-19-18-25(14-12-21(19)20-10-6-5-7-11-20)22(23-2)24-13-8-9-15-27-17-16-26-3/h5-7,10-11,19,21H,4,8-9,12-18H2,1-3H3,(H,23,24). The van der Waals surface area contributed by atoms with Crippen LogP contribution in [0.5, 0.6) is 0 Å². The molecule has 5 nitrogen and oxygen atoms in total. The Balaban J connectivity index is 1.74. The molecule has 1 aliphatic rings. The first kappa shape index (κ1) is 21.7. The van der Waals surface area contributed by atoms with E-state index in [9.17, 15) is 0 Å². The molecule has 0 amide bonds. The minimum Gasteiger partial charge on any atom is -0.382 e. The fourth-order valence-electron chi connectivity index (χ4n) is 3.88. The molecular weight excluding hydrogens is 338 g/mol. The third-order valence-electron chi connectivity index (χ3n) is 5.43. The fourth-order valence-corrected chi connectivity index (χ4v) is 3.88. The van der Waals surface area contributed by atoms with Gasteiger partial charge in [0.05, 0.1) is 13.2 Å².